The molecule has 1 heteroatoms. The third kappa shape index (κ3) is 4.93. The smallest absolute Gasteiger partial charge is 0.127 e. The van der Waals surface area contributed by atoms with Crippen molar-refractivity contribution in [2.24, 2.45) is 16.7 Å². The van der Waals surface area contributed by atoms with E-state index >= 15 is 4.39 Å². The molecule has 0 aromatic heterocycles. The molecular formula is C24H35F. The maximum atomic E-state index is 15.0. The molecule has 0 nitrogen and oxygen atoms in total. The van der Waals surface area contributed by atoms with Crippen molar-refractivity contribution in [3.8, 4) is 0 Å². The van der Waals surface area contributed by atoms with Crippen molar-refractivity contribution in [3.05, 3.63) is 71.7 Å². The second-order valence-corrected chi connectivity index (χ2v) is 8.26. The van der Waals surface area contributed by atoms with Crippen LogP contribution in [0.2, 0.25) is 0 Å². The Morgan fingerprint density at radius 3 is 2.44 bits per heavy atom. The molecule has 1 rings (SSSR count). The van der Waals surface area contributed by atoms with Gasteiger partial charge in [0.15, 0.2) is 0 Å². The molecule has 0 bridgehead atoms. The lowest BCUT2D eigenvalue weighted by Crippen LogP contribution is -2.40. The minimum Gasteiger partial charge on any atom is -0.207 e. The van der Waals surface area contributed by atoms with Gasteiger partial charge in [-0.05, 0) is 54.7 Å². The molecule has 0 saturated heterocycles. The van der Waals surface area contributed by atoms with E-state index in [0.717, 1.165) is 29.6 Å². The van der Waals surface area contributed by atoms with Crippen molar-refractivity contribution < 1.29 is 4.39 Å². The molecule has 0 aromatic rings. The van der Waals surface area contributed by atoms with Gasteiger partial charge in [0.25, 0.3) is 0 Å². The summed E-state index contributed by atoms with van der Waals surface area (Å²) in [6.07, 6.45) is 15.8. The number of hydrogen-bond acceptors (Lipinski definition) is 0. The quantitative estimate of drug-likeness (QED) is 0.340. The van der Waals surface area contributed by atoms with E-state index in [0.29, 0.717) is 0 Å². The van der Waals surface area contributed by atoms with Crippen LogP contribution >= 0.6 is 0 Å². The highest BCUT2D eigenvalue weighted by atomic mass is 19.1. The van der Waals surface area contributed by atoms with Crippen molar-refractivity contribution in [1.82, 2.24) is 0 Å². The van der Waals surface area contributed by atoms with Crippen LogP contribution in [0.1, 0.15) is 61.3 Å². The highest BCUT2D eigenvalue weighted by Crippen LogP contribution is 2.54. The molecular weight excluding hydrogens is 307 g/mol. The van der Waals surface area contributed by atoms with Crippen LogP contribution in [0.4, 0.5) is 4.39 Å². The molecule has 0 heterocycles. The highest BCUT2D eigenvalue weighted by Gasteiger charge is 2.45. The molecule has 0 fully saturated rings. The third-order valence-electron chi connectivity index (χ3n) is 5.49. The molecule has 1 aliphatic carbocycles. The van der Waals surface area contributed by atoms with Gasteiger partial charge in [0.1, 0.15) is 5.83 Å². The van der Waals surface area contributed by atoms with Gasteiger partial charge in [-0.3, -0.25) is 0 Å². The number of hydrogen-bond donors (Lipinski definition) is 0. The number of rotatable bonds is 6. The Morgan fingerprint density at radius 1 is 1.28 bits per heavy atom. The van der Waals surface area contributed by atoms with Crippen LogP contribution in [-0.2, 0) is 0 Å². The summed E-state index contributed by atoms with van der Waals surface area (Å²) in [5, 5.41) is 0. The zero-order valence-corrected chi connectivity index (χ0v) is 17.1. The van der Waals surface area contributed by atoms with E-state index in [4.69, 9.17) is 0 Å². The van der Waals surface area contributed by atoms with Crippen LogP contribution in [0.25, 0.3) is 0 Å². The summed E-state index contributed by atoms with van der Waals surface area (Å²) in [6.45, 7) is 19.3. The van der Waals surface area contributed by atoms with E-state index in [1.54, 1.807) is 6.08 Å². The van der Waals surface area contributed by atoms with Gasteiger partial charge in [-0.1, -0.05) is 83.2 Å². The summed E-state index contributed by atoms with van der Waals surface area (Å²) in [5.41, 5.74) is 2.45. The van der Waals surface area contributed by atoms with E-state index < -0.39 is 0 Å². The number of allylic oxidation sites excluding steroid dienone is 11. The summed E-state index contributed by atoms with van der Waals surface area (Å²) < 4.78 is 15.0. The van der Waals surface area contributed by atoms with Crippen LogP contribution < -0.4 is 0 Å². The maximum absolute atomic E-state index is 15.0. The number of halogens is 1. The lowest BCUT2D eigenvalue weighted by Gasteiger charge is -2.48. The second-order valence-electron chi connectivity index (χ2n) is 8.26. The van der Waals surface area contributed by atoms with E-state index in [1.165, 1.54) is 0 Å². The topological polar surface area (TPSA) is 0 Å². The van der Waals surface area contributed by atoms with Crippen LogP contribution in [0.3, 0.4) is 0 Å². The second kappa shape index (κ2) is 8.65. The first kappa shape index (κ1) is 21.4. The molecule has 0 N–H and O–H groups in total. The van der Waals surface area contributed by atoms with Crippen molar-refractivity contribution in [2.45, 2.75) is 61.3 Å². The molecule has 138 valence electrons. The van der Waals surface area contributed by atoms with E-state index in [1.807, 2.05) is 38.2 Å². The molecule has 0 aromatic carbocycles. The summed E-state index contributed by atoms with van der Waals surface area (Å²) >= 11 is 0. The SMILES string of the molecule is C=C(/C=C\C=C/C)C1=C(F)C=C(C)CC1C(C)(C=CCC)C(C)(C)C. The first-order chi connectivity index (χ1) is 11.6. The van der Waals surface area contributed by atoms with Crippen LogP contribution in [0.5, 0.6) is 0 Å². The van der Waals surface area contributed by atoms with Crippen molar-refractivity contribution in [3.63, 3.8) is 0 Å². The normalized spacial score (nSPS) is 22.1. The lowest BCUT2D eigenvalue weighted by atomic mass is 9.56. The largest absolute Gasteiger partial charge is 0.207 e. The van der Waals surface area contributed by atoms with Gasteiger partial charge >= 0.3 is 0 Å². The summed E-state index contributed by atoms with van der Waals surface area (Å²) in [7, 11) is 0. The van der Waals surface area contributed by atoms with E-state index in [-0.39, 0.29) is 22.6 Å². The Labute approximate surface area is 154 Å². The Balaban J connectivity index is 3.50. The van der Waals surface area contributed by atoms with Crippen LogP contribution in [0.15, 0.2) is 71.7 Å². The summed E-state index contributed by atoms with van der Waals surface area (Å²) in [4.78, 5) is 0. The van der Waals surface area contributed by atoms with Crippen molar-refractivity contribution in [2.75, 3.05) is 0 Å². The van der Waals surface area contributed by atoms with Gasteiger partial charge in [0, 0.05) is 5.92 Å². The summed E-state index contributed by atoms with van der Waals surface area (Å²) in [5.74, 6) is -0.0627. The van der Waals surface area contributed by atoms with Crippen LogP contribution in [-0.4, -0.2) is 0 Å². The van der Waals surface area contributed by atoms with E-state index in [9.17, 15) is 0 Å². The Bertz CT molecular complexity index is 631. The third-order valence-corrected chi connectivity index (χ3v) is 5.49. The average molecular weight is 343 g/mol. The van der Waals surface area contributed by atoms with Gasteiger partial charge in [-0.15, -0.1) is 0 Å². The Kier molecular flexibility index (Phi) is 7.41. The highest BCUT2D eigenvalue weighted by molar-refractivity contribution is 5.49. The lowest BCUT2D eigenvalue weighted by molar-refractivity contribution is 0.105. The van der Waals surface area contributed by atoms with Gasteiger partial charge in [0.2, 0.25) is 0 Å². The molecule has 0 saturated carbocycles. The summed E-state index contributed by atoms with van der Waals surface area (Å²) in [6, 6.07) is 0. The molecule has 0 amide bonds. The maximum Gasteiger partial charge on any atom is 0.127 e. The molecule has 2 unspecified atom stereocenters. The zero-order chi connectivity index (χ0) is 19.3. The molecule has 2 atom stereocenters. The predicted octanol–water partition coefficient (Wildman–Crippen LogP) is 7.88. The van der Waals surface area contributed by atoms with Gasteiger partial charge in [0.05, 0.1) is 0 Å². The Morgan fingerprint density at radius 2 is 1.92 bits per heavy atom. The molecule has 1 aliphatic rings. The van der Waals surface area contributed by atoms with E-state index in [2.05, 4.69) is 53.3 Å². The molecule has 0 spiro atoms. The molecule has 25 heavy (non-hydrogen) atoms. The molecule has 0 aliphatic heterocycles. The minimum atomic E-state index is -0.164. The first-order valence-corrected chi connectivity index (χ1v) is 9.31. The molecule has 0 radical (unpaired) electrons. The van der Waals surface area contributed by atoms with Crippen molar-refractivity contribution >= 4 is 0 Å². The fourth-order valence-electron chi connectivity index (χ4n) is 3.46. The van der Waals surface area contributed by atoms with Crippen LogP contribution in [0, 0.1) is 16.7 Å². The first-order valence-electron chi connectivity index (χ1n) is 9.31. The monoisotopic (exact) mass is 342 g/mol. The van der Waals surface area contributed by atoms with Crippen molar-refractivity contribution in [1.29, 1.82) is 0 Å². The predicted molar refractivity (Wildman–Crippen MR) is 110 cm³/mol. The Hall–Kier alpha value is -1.63. The zero-order valence-electron chi connectivity index (χ0n) is 17.1. The van der Waals surface area contributed by atoms with Gasteiger partial charge < -0.3 is 0 Å². The fourth-order valence-corrected chi connectivity index (χ4v) is 3.46. The average Bonchev–Trinajstić information content (AvgIpc) is 2.50. The van der Waals surface area contributed by atoms with Gasteiger partial charge in [-0.2, -0.15) is 0 Å². The fraction of sp³-hybridized carbons (Fsp3) is 0.500. The standard InChI is InChI=1S/C24H35F/c1-9-11-13-14-19(4)22-20(16-18(3)17-21(22)25)24(8,15-12-10-2)23(5,6)7/h9,11-15,17,20H,4,10,16H2,1-3,5-8H3/b11-9-,14-13-,15-12?. The van der Waals surface area contributed by atoms with Gasteiger partial charge in [-0.25, -0.2) is 4.39 Å². The minimum absolute atomic E-state index is 0.000196.